The van der Waals surface area contributed by atoms with Crippen LogP contribution in [0.15, 0.2) is 46.1 Å². The van der Waals surface area contributed by atoms with E-state index in [0.717, 1.165) is 36.5 Å². The molecule has 10 heteroatoms. The number of ether oxygens (including phenoxy) is 1. The lowest BCUT2D eigenvalue weighted by Gasteiger charge is -2.33. The SMILES string of the molecule is C=N/C(=C\C(=N/COc1ccc2[nH]c(C)cc2c1F)N1CCNC(C)C1)Nc1cc(C2CC2)[nH]n1. The number of rotatable bonds is 8. The molecule has 1 aliphatic heterocycles. The van der Waals surface area contributed by atoms with E-state index in [1.165, 1.54) is 12.8 Å². The number of halogens is 1. The topological polar surface area (TPSA) is 106 Å². The molecule has 0 radical (unpaired) electrons. The first kappa shape index (κ1) is 23.1. The lowest BCUT2D eigenvalue weighted by molar-refractivity contribution is 0.290. The van der Waals surface area contributed by atoms with E-state index in [1.54, 1.807) is 12.1 Å². The maximum atomic E-state index is 14.9. The lowest BCUT2D eigenvalue weighted by Crippen LogP contribution is -2.51. The summed E-state index contributed by atoms with van der Waals surface area (Å²) in [6.45, 7) is 10.1. The second-order valence-electron chi connectivity index (χ2n) is 9.18. The molecule has 5 rings (SSSR count). The quantitative estimate of drug-likeness (QED) is 0.290. The number of piperazine rings is 1. The van der Waals surface area contributed by atoms with Gasteiger partial charge in [0.05, 0.1) is 0 Å². The molecule has 3 heterocycles. The fourth-order valence-corrected chi connectivity index (χ4v) is 4.32. The van der Waals surface area contributed by atoms with Gasteiger partial charge in [-0.2, -0.15) is 5.10 Å². The van der Waals surface area contributed by atoms with Crippen LogP contribution in [0.3, 0.4) is 0 Å². The molecule has 184 valence electrons. The molecule has 0 bridgehead atoms. The molecule has 2 aliphatic rings. The minimum Gasteiger partial charge on any atom is -0.468 e. The van der Waals surface area contributed by atoms with Crippen LogP contribution < -0.4 is 15.4 Å². The van der Waals surface area contributed by atoms with Crippen molar-refractivity contribution in [2.45, 2.75) is 38.6 Å². The fraction of sp³-hybridized carbons (Fsp3) is 0.400. The molecule has 2 aromatic heterocycles. The number of aryl methyl sites for hydroxylation is 1. The van der Waals surface area contributed by atoms with Gasteiger partial charge in [0, 0.05) is 66.0 Å². The molecule has 9 nitrogen and oxygen atoms in total. The van der Waals surface area contributed by atoms with E-state index in [1.807, 2.05) is 25.1 Å². The van der Waals surface area contributed by atoms with Gasteiger partial charge in [0.1, 0.15) is 11.7 Å². The summed E-state index contributed by atoms with van der Waals surface area (Å²) in [4.78, 5) is 14.1. The fourth-order valence-electron chi connectivity index (χ4n) is 4.32. The summed E-state index contributed by atoms with van der Waals surface area (Å²) >= 11 is 0. The van der Waals surface area contributed by atoms with E-state index >= 15 is 0 Å². The van der Waals surface area contributed by atoms with E-state index < -0.39 is 5.82 Å². The van der Waals surface area contributed by atoms with Gasteiger partial charge in [0.25, 0.3) is 0 Å². The Hall–Kier alpha value is -3.66. The van der Waals surface area contributed by atoms with Crippen LogP contribution in [0.2, 0.25) is 0 Å². The first-order chi connectivity index (χ1) is 17.0. The molecule has 35 heavy (non-hydrogen) atoms. The average Bonchev–Trinajstić information content (AvgIpc) is 3.47. The number of hydrogen-bond acceptors (Lipinski definition) is 6. The van der Waals surface area contributed by atoms with E-state index in [0.29, 0.717) is 34.8 Å². The van der Waals surface area contributed by atoms with E-state index in [4.69, 9.17) is 4.74 Å². The molecule has 4 N–H and O–H groups in total. The van der Waals surface area contributed by atoms with Crippen molar-refractivity contribution >= 4 is 29.3 Å². The third kappa shape index (κ3) is 5.37. The number of hydrogen-bond donors (Lipinski definition) is 4. The van der Waals surface area contributed by atoms with Crippen LogP contribution in [-0.4, -0.2) is 65.0 Å². The largest absolute Gasteiger partial charge is 0.468 e. The zero-order chi connectivity index (χ0) is 24.4. The molecular formula is C25H31FN8O. The Balaban J connectivity index is 1.35. The van der Waals surface area contributed by atoms with Gasteiger partial charge in [-0.1, -0.05) is 0 Å². The smallest absolute Gasteiger partial charge is 0.181 e. The number of H-pyrrole nitrogens is 2. The number of fused-ring (bicyclic) bond motifs is 1. The first-order valence-corrected chi connectivity index (χ1v) is 11.9. The van der Waals surface area contributed by atoms with Crippen molar-refractivity contribution in [3.8, 4) is 5.75 Å². The first-order valence-electron chi connectivity index (χ1n) is 11.9. The molecule has 1 saturated heterocycles. The van der Waals surface area contributed by atoms with Gasteiger partial charge < -0.3 is 25.3 Å². The predicted molar refractivity (Wildman–Crippen MR) is 137 cm³/mol. The summed E-state index contributed by atoms with van der Waals surface area (Å²) in [5.74, 6) is 2.25. The van der Waals surface area contributed by atoms with Crippen LogP contribution in [-0.2, 0) is 0 Å². The minimum atomic E-state index is -0.393. The van der Waals surface area contributed by atoms with Crippen LogP contribution in [0.1, 0.15) is 37.1 Å². The number of anilines is 1. The second kappa shape index (κ2) is 9.91. The van der Waals surface area contributed by atoms with Gasteiger partial charge in [-0.05, 0) is 51.6 Å². The van der Waals surface area contributed by atoms with Crippen molar-refractivity contribution in [3.05, 3.63) is 53.4 Å². The number of aromatic amines is 2. The van der Waals surface area contributed by atoms with E-state index in [-0.39, 0.29) is 12.5 Å². The summed E-state index contributed by atoms with van der Waals surface area (Å²) in [6, 6.07) is 7.52. The molecule has 1 saturated carbocycles. The molecule has 3 aromatic rings. The van der Waals surface area contributed by atoms with Gasteiger partial charge in [-0.15, -0.1) is 0 Å². The Kier molecular flexibility index (Phi) is 6.54. The molecular weight excluding hydrogens is 447 g/mol. The van der Waals surface area contributed by atoms with Gasteiger partial charge in [-0.25, -0.2) is 14.4 Å². The maximum absolute atomic E-state index is 14.9. The summed E-state index contributed by atoms with van der Waals surface area (Å²) in [6.07, 6.45) is 4.22. The van der Waals surface area contributed by atoms with Gasteiger partial charge in [-0.3, -0.25) is 5.10 Å². The number of benzene rings is 1. The number of nitrogens with one attached hydrogen (secondary N) is 4. The third-order valence-electron chi connectivity index (χ3n) is 6.28. The van der Waals surface area contributed by atoms with Crippen molar-refractivity contribution in [1.82, 2.24) is 25.4 Å². The Morgan fingerprint density at radius 3 is 3.00 bits per heavy atom. The molecule has 1 unspecified atom stereocenters. The molecule has 1 atom stereocenters. The zero-order valence-corrected chi connectivity index (χ0v) is 20.1. The van der Waals surface area contributed by atoms with Crippen LogP contribution >= 0.6 is 0 Å². The molecule has 0 amide bonds. The van der Waals surface area contributed by atoms with Crippen molar-refractivity contribution in [3.63, 3.8) is 0 Å². The van der Waals surface area contributed by atoms with Crippen LogP contribution in [0.25, 0.3) is 10.9 Å². The molecule has 2 fully saturated rings. The van der Waals surface area contributed by atoms with Gasteiger partial charge >= 0.3 is 0 Å². The zero-order valence-electron chi connectivity index (χ0n) is 20.1. The predicted octanol–water partition coefficient (Wildman–Crippen LogP) is 3.90. The van der Waals surface area contributed by atoms with E-state index in [2.05, 4.69) is 54.3 Å². The normalized spacial score (nSPS) is 19.3. The monoisotopic (exact) mass is 478 g/mol. The standard InChI is InChI=1S/C25H31FN8O/c1-15-10-18-19(30-15)6-7-21(25(18)26)35-14-29-24(34-9-8-28-16(2)13-34)12-22(27-3)31-23-11-20(32-33-23)17-4-5-17/h6-7,10-12,16-17,28,30H,3-5,8-9,13-14H2,1-2H3,(H2,31,32,33)/b22-12+,29-24+. The Labute approximate surface area is 203 Å². The number of aliphatic imine (C=N–C) groups is 2. The Morgan fingerprint density at radius 1 is 1.37 bits per heavy atom. The molecule has 1 aliphatic carbocycles. The number of nitrogens with zero attached hydrogens (tertiary/aromatic N) is 4. The Bertz CT molecular complexity index is 1270. The highest BCUT2D eigenvalue weighted by Gasteiger charge is 2.25. The van der Waals surface area contributed by atoms with Crippen molar-refractivity contribution in [1.29, 1.82) is 0 Å². The van der Waals surface area contributed by atoms with Crippen molar-refractivity contribution in [2.75, 3.05) is 31.7 Å². The highest BCUT2D eigenvalue weighted by atomic mass is 19.1. The van der Waals surface area contributed by atoms with Crippen LogP contribution in [0.4, 0.5) is 10.2 Å². The van der Waals surface area contributed by atoms with Crippen molar-refractivity contribution < 1.29 is 9.13 Å². The number of amidine groups is 1. The lowest BCUT2D eigenvalue weighted by atomic mass is 10.2. The summed E-state index contributed by atoms with van der Waals surface area (Å²) in [5.41, 5.74) is 2.77. The second-order valence-corrected chi connectivity index (χ2v) is 9.18. The average molecular weight is 479 g/mol. The van der Waals surface area contributed by atoms with Gasteiger partial charge in [0.2, 0.25) is 0 Å². The van der Waals surface area contributed by atoms with E-state index in [9.17, 15) is 4.39 Å². The number of aromatic nitrogens is 3. The highest BCUT2D eigenvalue weighted by Crippen LogP contribution is 2.39. The molecule has 1 aromatic carbocycles. The van der Waals surface area contributed by atoms with Crippen molar-refractivity contribution in [2.24, 2.45) is 9.98 Å². The summed E-state index contributed by atoms with van der Waals surface area (Å²) in [5, 5.41) is 14.6. The molecule has 0 spiro atoms. The third-order valence-corrected chi connectivity index (χ3v) is 6.28. The Morgan fingerprint density at radius 2 is 2.23 bits per heavy atom. The summed E-state index contributed by atoms with van der Waals surface area (Å²) < 4.78 is 20.7. The highest BCUT2D eigenvalue weighted by molar-refractivity contribution is 5.94. The summed E-state index contributed by atoms with van der Waals surface area (Å²) in [7, 11) is 0. The van der Waals surface area contributed by atoms with Crippen LogP contribution in [0, 0.1) is 12.7 Å². The van der Waals surface area contributed by atoms with Crippen LogP contribution in [0.5, 0.6) is 5.75 Å². The minimum absolute atomic E-state index is 0.0331. The van der Waals surface area contributed by atoms with Gasteiger partial charge in [0.15, 0.2) is 24.1 Å². The maximum Gasteiger partial charge on any atom is 0.181 e.